The Bertz CT molecular complexity index is 415. The molecule has 1 aromatic carbocycles. The van der Waals surface area contributed by atoms with Crippen LogP contribution in [0.2, 0.25) is 0 Å². The molecular formula is C14H19FO3. The Morgan fingerprint density at radius 2 is 2.06 bits per heavy atom. The summed E-state index contributed by atoms with van der Waals surface area (Å²) in [6, 6.07) is 5.92. The van der Waals surface area contributed by atoms with E-state index in [4.69, 9.17) is 4.74 Å². The van der Waals surface area contributed by atoms with E-state index in [1.165, 1.54) is 19.1 Å². The van der Waals surface area contributed by atoms with E-state index in [2.05, 4.69) is 0 Å². The molecule has 2 atom stereocenters. The summed E-state index contributed by atoms with van der Waals surface area (Å²) in [4.78, 5) is 11.8. The third-order valence-electron chi connectivity index (χ3n) is 3.08. The Morgan fingerprint density at radius 1 is 1.44 bits per heavy atom. The van der Waals surface area contributed by atoms with Crippen molar-refractivity contribution in [1.82, 2.24) is 0 Å². The molecule has 0 aliphatic rings. The van der Waals surface area contributed by atoms with E-state index in [1.54, 1.807) is 26.0 Å². The maximum absolute atomic E-state index is 13.7. The molecule has 0 fully saturated rings. The molecule has 0 saturated carbocycles. The number of aliphatic hydroxyl groups is 1. The summed E-state index contributed by atoms with van der Waals surface area (Å²) >= 11 is 0. The zero-order chi connectivity index (χ0) is 13.8. The smallest absolute Gasteiger partial charge is 0.312 e. The highest BCUT2D eigenvalue weighted by atomic mass is 19.1. The summed E-state index contributed by atoms with van der Waals surface area (Å²) in [7, 11) is 0. The van der Waals surface area contributed by atoms with Crippen molar-refractivity contribution in [2.45, 2.75) is 32.8 Å². The number of esters is 1. The lowest BCUT2D eigenvalue weighted by molar-refractivity contribution is -0.158. The highest BCUT2D eigenvalue weighted by Gasteiger charge is 2.40. The van der Waals surface area contributed by atoms with Gasteiger partial charge in [0.25, 0.3) is 0 Å². The second kappa shape index (κ2) is 5.96. The Hall–Kier alpha value is -1.42. The van der Waals surface area contributed by atoms with Crippen LogP contribution in [0.1, 0.15) is 32.8 Å². The minimum absolute atomic E-state index is 0.116. The maximum Gasteiger partial charge on any atom is 0.312 e. The topological polar surface area (TPSA) is 46.5 Å². The molecule has 0 saturated heterocycles. The number of hydrogen-bond acceptors (Lipinski definition) is 3. The fourth-order valence-electron chi connectivity index (χ4n) is 2.10. The largest absolute Gasteiger partial charge is 0.466 e. The molecule has 0 spiro atoms. The van der Waals surface area contributed by atoms with Crippen LogP contribution in [-0.2, 0) is 15.1 Å². The summed E-state index contributed by atoms with van der Waals surface area (Å²) in [6.45, 7) is 5.14. The zero-order valence-corrected chi connectivity index (χ0v) is 10.9. The van der Waals surface area contributed by atoms with Gasteiger partial charge < -0.3 is 9.84 Å². The molecule has 4 heteroatoms. The van der Waals surface area contributed by atoms with Crippen molar-refractivity contribution in [3.05, 3.63) is 35.6 Å². The molecule has 2 unspecified atom stereocenters. The number of carbonyl (C=O) groups is 1. The first-order chi connectivity index (χ1) is 8.45. The van der Waals surface area contributed by atoms with Crippen molar-refractivity contribution in [2.24, 2.45) is 5.92 Å². The highest BCUT2D eigenvalue weighted by Crippen LogP contribution is 2.33. The van der Waals surface area contributed by atoms with E-state index >= 15 is 0 Å². The van der Waals surface area contributed by atoms with Crippen molar-refractivity contribution < 1.29 is 19.0 Å². The fraction of sp³-hybridized carbons (Fsp3) is 0.500. The number of carbonyl (C=O) groups excluding carboxylic acids is 1. The van der Waals surface area contributed by atoms with E-state index < -0.39 is 23.3 Å². The van der Waals surface area contributed by atoms with Gasteiger partial charge in [0.15, 0.2) is 0 Å². The predicted octanol–water partition coefficient (Wildman–Crippen LogP) is 2.62. The van der Waals surface area contributed by atoms with Crippen LogP contribution in [0.25, 0.3) is 0 Å². The molecule has 1 aromatic rings. The molecule has 100 valence electrons. The third kappa shape index (κ3) is 2.88. The first-order valence-corrected chi connectivity index (χ1v) is 6.09. The standard InChI is InChI=1S/C14H19FO3/c1-4-10(13(16)18-5-2)14(3,17)11-8-6-7-9-12(11)15/h6-10,17H,4-5H2,1-3H3. The summed E-state index contributed by atoms with van der Waals surface area (Å²) in [5.41, 5.74) is -1.46. The molecule has 3 nitrogen and oxygen atoms in total. The SMILES string of the molecule is CCOC(=O)C(CC)C(C)(O)c1ccccc1F. The molecule has 0 radical (unpaired) electrons. The summed E-state index contributed by atoms with van der Waals surface area (Å²) in [5.74, 6) is -1.81. The number of benzene rings is 1. The molecule has 0 amide bonds. The lowest BCUT2D eigenvalue weighted by Crippen LogP contribution is -2.38. The van der Waals surface area contributed by atoms with Crippen molar-refractivity contribution in [1.29, 1.82) is 0 Å². The molecule has 0 heterocycles. The van der Waals surface area contributed by atoms with E-state index in [0.29, 0.717) is 6.42 Å². The lowest BCUT2D eigenvalue weighted by Gasteiger charge is -2.31. The zero-order valence-electron chi connectivity index (χ0n) is 10.9. The van der Waals surface area contributed by atoms with Gasteiger partial charge in [0.05, 0.1) is 12.5 Å². The van der Waals surface area contributed by atoms with Crippen LogP contribution >= 0.6 is 0 Å². The first-order valence-electron chi connectivity index (χ1n) is 6.09. The van der Waals surface area contributed by atoms with Crippen LogP contribution in [0.4, 0.5) is 4.39 Å². The molecule has 18 heavy (non-hydrogen) atoms. The third-order valence-corrected chi connectivity index (χ3v) is 3.08. The van der Waals surface area contributed by atoms with Crippen molar-refractivity contribution in [3.63, 3.8) is 0 Å². The van der Waals surface area contributed by atoms with E-state index in [9.17, 15) is 14.3 Å². The number of halogens is 1. The van der Waals surface area contributed by atoms with Gasteiger partial charge >= 0.3 is 5.97 Å². The molecular weight excluding hydrogens is 235 g/mol. The van der Waals surface area contributed by atoms with Gasteiger partial charge in [-0.05, 0) is 26.3 Å². The van der Waals surface area contributed by atoms with E-state index in [-0.39, 0.29) is 12.2 Å². The van der Waals surface area contributed by atoms with Crippen molar-refractivity contribution in [3.8, 4) is 0 Å². The van der Waals surface area contributed by atoms with Crippen molar-refractivity contribution >= 4 is 5.97 Å². The van der Waals surface area contributed by atoms with E-state index in [1.807, 2.05) is 0 Å². The highest BCUT2D eigenvalue weighted by molar-refractivity contribution is 5.74. The Morgan fingerprint density at radius 3 is 2.56 bits per heavy atom. The second-order valence-electron chi connectivity index (χ2n) is 4.34. The Balaban J connectivity index is 3.10. The van der Waals surface area contributed by atoms with Gasteiger partial charge in [0.1, 0.15) is 11.4 Å². The number of ether oxygens (including phenoxy) is 1. The number of rotatable bonds is 5. The Labute approximate surface area is 107 Å². The normalized spacial score (nSPS) is 15.8. The average molecular weight is 254 g/mol. The summed E-state index contributed by atoms with van der Waals surface area (Å²) in [5, 5.41) is 10.5. The summed E-state index contributed by atoms with van der Waals surface area (Å²) in [6.07, 6.45) is 0.375. The van der Waals surface area contributed by atoms with Gasteiger partial charge in [0, 0.05) is 5.56 Å². The van der Waals surface area contributed by atoms with Gasteiger partial charge in [-0.15, -0.1) is 0 Å². The lowest BCUT2D eigenvalue weighted by atomic mass is 9.81. The maximum atomic E-state index is 13.7. The molecule has 0 aromatic heterocycles. The molecule has 0 bridgehead atoms. The van der Waals surface area contributed by atoms with Crippen LogP contribution in [0.3, 0.4) is 0 Å². The molecule has 1 N–H and O–H groups in total. The average Bonchev–Trinajstić information content (AvgIpc) is 2.30. The summed E-state index contributed by atoms with van der Waals surface area (Å²) < 4.78 is 18.6. The van der Waals surface area contributed by atoms with Gasteiger partial charge in [-0.25, -0.2) is 4.39 Å². The van der Waals surface area contributed by atoms with Crippen molar-refractivity contribution in [2.75, 3.05) is 6.61 Å². The Kier molecular flexibility index (Phi) is 4.84. The molecule has 0 aliphatic carbocycles. The minimum Gasteiger partial charge on any atom is -0.466 e. The van der Waals surface area contributed by atoms with Gasteiger partial charge in [-0.3, -0.25) is 4.79 Å². The predicted molar refractivity (Wildman–Crippen MR) is 66.4 cm³/mol. The van der Waals surface area contributed by atoms with E-state index in [0.717, 1.165) is 0 Å². The molecule has 0 aliphatic heterocycles. The first kappa shape index (κ1) is 14.6. The van der Waals surface area contributed by atoms with Gasteiger partial charge in [0.2, 0.25) is 0 Å². The quantitative estimate of drug-likeness (QED) is 0.822. The van der Waals surface area contributed by atoms with Gasteiger partial charge in [-0.1, -0.05) is 25.1 Å². The van der Waals surface area contributed by atoms with Crippen LogP contribution < -0.4 is 0 Å². The van der Waals surface area contributed by atoms with Crippen LogP contribution in [0.15, 0.2) is 24.3 Å². The minimum atomic E-state index is -1.58. The molecule has 1 rings (SSSR count). The van der Waals surface area contributed by atoms with Crippen LogP contribution in [0.5, 0.6) is 0 Å². The monoisotopic (exact) mass is 254 g/mol. The van der Waals surface area contributed by atoms with Crippen LogP contribution in [0, 0.1) is 11.7 Å². The second-order valence-corrected chi connectivity index (χ2v) is 4.34. The fourth-order valence-corrected chi connectivity index (χ4v) is 2.10. The van der Waals surface area contributed by atoms with Gasteiger partial charge in [-0.2, -0.15) is 0 Å². The van der Waals surface area contributed by atoms with Crippen LogP contribution in [-0.4, -0.2) is 17.7 Å². The number of hydrogen-bond donors (Lipinski definition) is 1.